The van der Waals surface area contributed by atoms with E-state index >= 15 is 0 Å². The summed E-state index contributed by atoms with van der Waals surface area (Å²) in [6, 6.07) is 24.0. The van der Waals surface area contributed by atoms with E-state index < -0.39 is 5.97 Å². The van der Waals surface area contributed by atoms with Crippen LogP contribution in [0.1, 0.15) is 65.1 Å². The first-order valence-electron chi connectivity index (χ1n) is 12.9. The van der Waals surface area contributed by atoms with Crippen molar-refractivity contribution in [2.45, 2.75) is 51.2 Å². The van der Waals surface area contributed by atoms with E-state index in [1.165, 1.54) is 43.2 Å². The predicted octanol–water partition coefficient (Wildman–Crippen LogP) is 7.12. The molecule has 0 bridgehead atoms. The third kappa shape index (κ3) is 7.26. The number of rotatable bonds is 9. The van der Waals surface area contributed by atoms with Gasteiger partial charge in [0.25, 0.3) is 0 Å². The standard InChI is InChI=1S/C31H32N2O3S.Na.H/c1-33(19-22-7-13-27(14-8-22)30(34)35)31-32-29(21-37-31)26-15-17-28(18-16-26)36-20-23-9-11-25(12-10-23)24-5-3-2-4-6-24;;/h7-18,21,24H,2-6,19-20H2,1H3,(H,34,35);;. The zero-order chi connectivity index (χ0) is 25.6. The van der Waals surface area contributed by atoms with Gasteiger partial charge in [0.2, 0.25) is 0 Å². The van der Waals surface area contributed by atoms with Crippen molar-refractivity contribution in [2.24, 2.45) is 0 Å². The summed E-state index contributed by atoms with van der Waals surface area (Å²) in [6.07, 6.45) is 6.74. The third-order valence-electron chi connectivity index (χ3n) is 7.05. The molecule has 1 heterocycles. The van der Waals surface area contributed by atoms with Crippen molar-refractivity contribution < 1.29 is 14.6 Å². The molecule has 1 aromatic heterocycles. The number of nitrogens with zero attached hydrogens (tertiary/aromatic N) is 2. The summed E-state index contributed by atoms with van der Waals surface area (Å²) in [5.74, 6) is 0.662. The van der Waals surface area contributed by atoms with Gasteiger partial charge in [0.05, 0.1) is 11.3 Å². The number of aromatic carboxylic acids is 1. The summed E-state index contributed by atoms with van der Waals surface area (Å²) >= 11 is 1.59. The molecule has 192 valence electrons. The Balaban J connectivity index is 0.00000336. The molecule has 1 aliphatic carbocycles. The van der Waals surface area contributed by atoms with Crippen LogP contribution >= 0.6 is 11.3 Å². The van der Waals surface area contributed by atoms with Gasteiger partial charge in [-0.3, -0.25) is 0 Å². The average molecular weight is 537 g/mol. The van der Waals surface area contributed by atoms with E-state index in [4.69, 9.17) is 14.8 Å². The molecule has 3 aromatic carbocycles. The van der Waals surface area contributed by atoms with E-state index in [1.54, 1.807) is 23.5 Å². The molecule has 5 rings (SSSR count). The van der Waals surface area contributed by atoms with E-state index in [-0.39, 0.29) is 29.6 Å². The predicted molar refractivity (Wildman–Crippen MR) is 157 cm³/mol. The van der Waals surface area contributed by atoms with Gasteiger partial charge in [-0.2, -0.15) is 0 Å². The van der Waals surface area contributed by atoms with Crippen LogP contribution in [0.15, 0.2) is 78.2 Å². The number of carbonyl (C=O) groups is 1. The van der Waals surface area contributed by atoms with Gasteiger partial charge in [-0.25, -0.2) is 9.78 Å². The molecular formula is C31H33N2NaO3S. The van der Waals surface area contributed by atoms with Gasteiger partial charge >= 0.3 is 35.5 Å². The van der Waals surface area contributed by atoms with Gasteiger partial charge in [0.15, 0.2) is 5.13 Å². The normalized spacial score (nSPS) is 13.5. The first-order valence-corrected chi connectivity index (χ1v) is 13.7. The minimum absolute atomic E-state index is 0. The van der Waals surface area contributed by atoms with Crippen LogP contribution in [0.2, 0.25) is 0 Å². The molecule has 0 atom stereocenters. The van der Waals surface area contributed by atoms with Crippen molar-refractivity contribution in [3.63, 3.8) is 0 Å². The van der Waals surface area contributed by atoms with Crippen LogP contribution in [0.5, 0.6) is 5.75 Å². The van der Waals surface area contributed by atoms with Gasteiger partial charge in [-0.05, 0) is 71.8 Å². The van der Waals surface area contributed by atoms with Crippen LogP contribution in [-0.4, -0.2) is 52.7 Å². The van der Waals surface area contributed by atoms with Crippen molar-refractivity contribution in [1.29, 1.82) is 0 Å². The van der Waals surface area contributed by atoms with E-state index in [0.717, 1.165) is 33.6 Å². The summed E-state index contributed by atoms with van der Waals surface area (Å²) in [4.78, 5) is 17.9. The van der Waals surface area contributed by atoms with Crippen molar-refractivity contribution in [2.75, 3.05) is 11.9 Å². The number of hydrogen-bond donors (Lipinski definition) is 1. The molecule has 0 saturated heterocycles. The van der Waals surface area contributed by atoms with Crippen LogP contribution in [0.3, 0.4) is 0 Å². The Hall–Kier alpha value is -2.64. The number of thiazole rings is 1. The van der Waals surface area contributed by atoms with Crippen LogP contribution in [0.4, 0.5) is 5.13 Å². The van der Waals surface area contributed by atoms with E-state index in [0.29, 0.717) is 18.7 Å². The molecule has 1 N–H and O–H groups in total. The Morgan fingerprint density at radius 1 is 0.947 bits per heavy atom. The van der Waals surface area contributed by atoms with Gasteiger partial charge in [0.1, 0.15) is 12.4 Å². The molecule has 4 aromatic rings. The Morgan fingerprint density at radius 3 is 2.26 bits per heavy atom. The second kappa shape index (κ2) is 13.4. The molecule has 1 aliphatic rings. The maximum atomic E-state index is 11.1. The van der Waals surface area contributed by atoms with Crippen molar-refractivity contribution in [3.05, 3.63) is 100 Å². The summed E-state index contributed by atoms with van der Waals surface area (Å²) < 4.78 is 6.04. The topological polar surface area (TPSA) is 62.7 Å². The third-order valence-corrected chi connectivity index (χ3v) is 8.01. The van der Waals surface area contributed by atoms with E-state index in [1.807, 2.05) is 43.4 Å². The fourth-order valence-electron chi connectivity index (χ4n) is 4.88. The van der Waals surface area contributed by atoms with Crippen LogP contribution in [0.25, 0.3) is 11.3 Å². The number of carboxylic acids is 1. The minimum atomic E-state index is -0.913. The number of benzene rings is 3. The Bertz CT molecular complexity index is 1310. The monoisotopic (exact) mass is 536 g/mol. The summed E-state index contributed by atoms with van der Waals surface area (Å²) in [7, 11) is 1.99. The van der Waals surface area contributed by atoms with E-state index in [9.17, 15) is 4.79 Å². The van der Waals surface area contributed by atoms with Crippen LogP contribution in [-0.2, 0) is 13.2 Å². The second-order valence-electron chi connectivity index (χ2n) is 9.76. The quantitative estimate of drug-likeness (QED) is 0.231. The number of carboxylic acid groups (broad SMARTS) is 1. The summed E-state index contributed by atoms with van der Waals surface area (Å²) in [6.45, 7) is 1.21. The van der Waals surface area contributed by atoms with E-state index in [2.05, 4.69) is 34.5 Å². The van der Waals surface area contributed by atoms with Crippen molar-refractivity contribution in [3.8, 4) is 17.0 Å². The first kappa shape index (κ1) is 28.4. The zero-order valence-electron chi connectivity index (χ0n) is 21.1. The van der Waals surface area contributed by atoms with Crippen molar-refractivity contribution in [1.82, 2.24) is 4.98 Å². The molecular weight excluding hydrogens is 503 g/mol. The van der Waals surface area contributed by atoms with Gasteiger partial charge in [0, 0.05) is 24.5 Å². The Labute approximate surface area is 250 Å². The molecule has 0 radical (unpaired) electrons. The Morgan fingerprint density at radius 2 is 1.61 bits per heavy atom. The second-order valence-corrected chi connectivity index (χ2v) is 10.6. The molecule has 1 saturated carbocycles. The fourth-order valence-corrected chi connectivity index (χ4v) is 5.68. The molecule has 7 heteroatoms. The van der Waals surface area contributed by atoms with Crippen LogP contribution in [0, 0.1) is 0 Å². The molecule has 1 fully saturated rings. The van der Waals surface area contributed by atoms with Gasteiger partial charge < -0.3 is 14.7 Å². The van der Waals surface area contributed by atoms with Gasteiger partial charge in [-0.1, -0.05) is 55.7 Å². The fraction of sp³-hybridized carbons (Fsp3) is 0.290. The molecule has 38 heavy (non-hydrogen) atoms. The van der Waals surface area contributed by atoms with Gasteiger partial charge in [-0.15, -0.1) is 11.3 Å². The number of aromatic nitrogens is 1. The Kier molecular flexibility index (Phi) is 10.0. The number of anilines is 1. The molecule has 0 aliphatic heterocycles. The molecule has 0 amide bonds. The summed E-state index contributed by atoms with van der Waals surface area (Å²) in [5.41, 5.74) is 5.96. The number of hydrogen-bond acceptors (Lipinski definition) is 5. The average Bonchev–Trinajstić information content (AvgIpc) is 3.44. The van der Waals surface area contributed by atoms with Crippen molar-refractivity contribution >= 4 is 52.0 Å². The number of ether oxygens (including phenoxy) is 1. The molecule has 0 unspecified atom stereocenters. The molecule has 0 spiro atoms. The first-order chi connectivity index (χ1) is 18.0. The van der Waals surface area contributed by atoms with Crippen LogP contribution < -0.4 is 9.64 Å². The zero-order valence-corrected chi connectivity index (χ0v) is 21.9. The summed E-state index contributed by atoms with van der Waals surface area (Å²) in [5, 5.41) is 12.0. The SMILES string of the molecule is CN(Cc1ccc(C(=O)O)cc1)c1nc(-c2ccc(OCc3ccc(C4CCCCC4)cc3)cc2)cs1.[NaH]. The molecule has 5 nitrogen and oxygen atoms in total. The maximum absolute atomic E-state index is 11.1.